The monoisotopic (exact) mass is 240 g/mol. The Balaban J connectivity index is 2.30. The Labute approximate surface area is 96.7 Å². The Hall–Kier alpha value is -1.62. The van der Waals surface area contributed by atoms with Crippen LogP contribution in [0, 0.1) is 0 Å². The normalized spacial score (nSPS) is 20.2. The lowest BCUT2D eigenvalue weighted by atomic mass is 10.3. The van der Waals surface area contributed by atoms with Gasteiger partial charge >= 0.3 is 5.97 Å². The van der Waals surface area contributed by atoms with E-state index in [1.165, 1.54) is 17.2 Å². The third-order valence-corrected chi connectivity index (χ3v) is 2.64. The molecule has 0 bridgehead atoms. The number of hydrogen-bond donors (Lipinski definition) is 1. The summed E-state index contributed by atoms with van der Waals surface area (Å²) in [5.41, 5.74) is 0.448. The maximum Gasteiger partial charge on any atom is 0.354 e. The fraction of sp³-hybridized carbons (Fsp3) is 0.300. The minimum Gasteiger partial charge on any atom is -0.477 e. The maximum atomic E-state index is 11.5. The van der Waals surface area contributed by atoms with Crippen LogP contribution in [0.5, 0.6) is 0 Å². The summed E-state index contributed by atoms with van der Waals surface area (Å²) in [4.78, 5) is 27.4. The van der Waals surface area contributed by atoms with E-state index in [-0.39, 0.29) is 23.4 Å². The number of pyridine rings is 1. The van der Waals surface area contributed by atoms with Crippen LogP contribution in [-0.4, -0.2) is 33.9 Å². The first-order valence-corrected chi connectivity index (χ1v) is 5.15. The molecule has 2 rings (SSSR count). The van der Waals surface area contributed by atoms with Crippen molar-refractivity contribution < 1.29 is 14.7 Å². The Morgan fingerprint density at radius 2 is 2.38 bits per heavy atom. The van der Waals surface area contributed by atoms with Gasteiger partial charge in [-0.2, -0.15) is 0 Å². The quantitative estimate of drug-likeness (QED) is 0.787. The van der Waals surface area contributed by atoms with E-state index < -0.39 is 5.97 Å². The number of rotatable bonds is 2. The second-order valence-corrected chi connectivity index (χ2v) is 4.13. The Bertz CT molecular complexity index is 449. The summed E-state index contributed by atoms with van der Waals surface area (Å²) in [7, 11) is 0. The molecular weight excluding hydrogens is 232 g/mol. The number of anilines is 1. The molecule has 1 atom stereocenters. The first-order chi connectivity index (χ1) is 7.58. The molecule has 0 saturated carbocycles. The van der Waals surface area contributed by atoms with Crippen LogP contribution in [0.1, 0.15) is 16.9 Å². The van der Waals surface area contributed by atoms with E-state index >= 15 is 0 Å². The summed E-state index contributed by atoms with van der Waals surface area (Å²) in [6.45, 7) is 0.406. The summed E-state index contributed by atoms with van der Waals surface area (Å²) < 4.78 is 0. The van der Waals surface area contributed by atoms with Crippen LogP contribution >= 0.6 is 11.6 Å². The smallest absolute Gasteiger partial charge is 0.354 e. The predicted octanol–water partition coefficient (Wildman–Crippen LogP) is 1.12. The molecule has 1 unspecified atom stereocenters. The van der Waals surface area contributed by atoms with Crippen molar-refractivity contribution in [3.8, 4) is 0 Å². The van der Waals surface area contributed by atoms with Gasteiger partial charge in [0.25, 0.3) is 0 Å². The highest BCUT2D eigenvalue weighted by molar-refractivity contribution is 6.24. The summed E-state index contributed by atoms with van der Waals surface area (Å²) in [6.07, 6.45) is 1.65. The Kier molecular flexibility index (Phi) is 2.78. The fourth-order valence-electron chi connectivity index (χ4n) is 1.62. The first kappa shape index (κ1) is 10.9. The SMILES string of the molecule is O=C(O)c1cc(N2CC(Cl)CC2=O)ccn1. The van der Waals surface area contributed by atoms with E-state index in [1.807, 2.05) is 0 Å². The van der Waals surface area contributed by atoms with Gasteiger partial charge in [-0.05, 0) is 12.1 Å². The molecule has 16 heavy (non-hydrogen) atoms. The van der Waals surface area contributed by atoms with Crippen molar-refractivity contribution in [1.82, 2.24) is 4.98 Å². The lowest BCUT2D eigenvalue weighted by Gasteiger charge is -2.15. The highest BCUT2D eigenvalue weighted by Gasteiger charge is 2.29. The van der Waals surface area contributed by atoms with Crippen molar-refractivity contribution in [3.63, 3.8) is 0 Å². The lowest BCUT2D eigenvalue weighted by Crippen LogP contribution is -2.24. The molecule has 2 heterocycles. The molecule has 5 nitrogen and oxygen atoms in total. The summed E-state index contributed by atoms with van der Waals surface area (Å²) >= 11 is 5.86. The van der Waals surface area contributed by atoms with E-state index in [0.29, 0.717) is 12.2 Å². The largest absolute Gasteiger partial charge is 0.477 e. The summed E-state index contributed by atoms with van der Waals surface area (Å²) in [5.74, 6) is -1.21. The molecule has 1 N–H and O–H groups in total. The molecule has 1 fully saturated rings. The molecule has 0 aromatic carbocycles. The summed E-state index contributed by atoms with van der Waals surface area (Å²) in [5, 5.41) is 8.56. The summed E-state index contributed by atoms with van der Waals surface area (Å²) in [6, 6.07) is 2.97. The van der Waals surface area contributed by atoms with E-state index in [0.717, 1.165) is 0 Å². The van der Waals surface area contributed by atoms with Crippen LogP contribution in [0.4, 0.5) is 5.69 Å². The van der Waals surface area contributed by atoms with E-state index in [9.17, 15) is 9.59 Å². The molecule has 0 spiro atoms. The number of carbonyl (C=O) groups is 2. The van der Waals surface area contributed by atoms with Gasteiger partial charge in [-0.15, -0.1) is 11.6 Å². The first-order valence-electron chi connectivity index (χ1n) is 4.71. The van der Waals surface area contributed by atoms with Crippen LogP contribution in [0.3, 0.4) is 0 Å². The van der Waals surface area contributed by atoms with E-state index in [4.69, 9.17) is 16.7 Å². The van der Waals surface area contributed by atoms with Gasteiger partial charge in [0.2, 0.25) is 5.91 Å². The minimum atomic E-state index is -1.11. The van der Waals surface area contributed by atoms with Crippen molar-refractivity contribution in [2.45, 2.75) is 11.8 Å². The van der Waals surface area contributed by atoms with Gasteiger partial charge < -0.3 is 10.0 Å². The number of carbonyl (C=O) groups excluding carboxylic acids is 1. The molecular formula is C10H9ClN2O3. The van der Waals surface area contributed by atoms with Crippen LogP contribution in [0.2, 0.25) is 0 Å². The Morgan fingerprint density at radius 3 is 2.94 bits per heavy atom. The van der Waals surface area contributed by atoms with Gasteiger partial charge in [-0.3, -0.25) is 4.79 Å². The van der Waals surface area contributed by atoms with Crippen LogP contribution in [-0.2, 0) is 4.79 Å². The van der Waals surface area contributed by atoms with Gasteiger partial charge in [-0.25, -0.2) is 9.78 Å². The molecule has 6 heteroatoms. The van der Waals surface area contributed by atoms with Gasteiger partial charge in [0.1, 0.15) is 5.69 Å². The number of amides is 1. The number of alkyl halides is 1. The van der Waals surface area contributed by atoms with Crippen molar-refractivity contribution in [2.75, 3.05) is 11.4 Å². The van der Waals surface area contributed by atoms with Gasteiger partial charge in [-0.1, -0.05) is 0 Å². The number of carboxylic acids is 1. The zero-order valence-electron chi connectivity index (χ0n) is 8.26. The van der Waals surface area contributed by atoms with Crippen LogP contribution < -0.4 is 4.90 Å². The molecule has 84 valence electrons. The molecule has 1 aromatic rings. The van der Waals surface area contributed by atoms with E-state index in [1.54, 1.807) is 6.07 Å². The zero-order chi connectivity index (χ0) is 11.7. The van der Waals surface area contributed by atoms with Crippen molar-refractivity contribution >= 4 is 29.2 Å². The fourth-order valence-corrected chi connectivity index (χ4v) is 1.89. The molecule has 1 aliphatic rings. The number of aromatic nitrogens is 1. The highest BCUT2D eigenvalue weighted by Crippen LogP contribution is 2.24. The van der Waals surface area contributed by atoms with E-state index in [2.05, 4.69) is 4.98 Å². The highest BCUT2D eigenvalue weighted by atomic mass is 35.5. The molecule has 0 aliphatic carbocycles. The zero-order valence-corrected chi connectivity index (χ0v) is 9.02. The number of aromatic carboxylic acids is 1. The van der Waals surface area contributed by atoms with Crippen LogP contribution in [0.15, 0.2) is 18.3 Å². The second-order valence-electron chi connectivity index (χ2n) is 3.51. The molecule has 1 amide bonds. The third kappa shape index (κ3) is 1.99. The molecule has 0 radical (unpaired) electrons. The van der Waals surface area contributed by atoms with Gasteiger partial charge in [0.05, 0.1) is 5.38 Å². The molecule has 1 aromatic heterocycles. The van der Waals surface area contributed by atoms with Crippen molar-refractivity contribution in [1.29, 1.82) is 0 Å². The average Bonchev–Trinajstić information content (AvgIpc) is 2.58. The molecule has 1 saturated heterocycles. The average molecular weight is 241 g/mol. The third-order valence-electron chi connectivity index (χ3n) is 2.35. The maximum absolute atomic E-state index is 11.5. The lowest BCUT2D eigenvalue weighted by molar-refractivity contribution is -0.117. The standard InChI is InChI=1S/C10H9ClN2O3/c11-6-3-9(14)13(5-6)7-1-2-12-8(4-7)10(15)16/h1-2,4,6H,3,5H2,(H,15,16). The van der Waals surface area contributed by atoms with Crippen molar-refractivity contribution in [3.05, 3.63) is 24.0 Å². The number of carboxylic acid groups (broad SMARTS) is 1. The number of nitrogens with zero attached hydrogens (tertiary/aromatic N) is 2. The van der Waals surface area contributed by atoms with Gasteiger partial charge in [0.15, 0.2) is 0 Å². The minimum absolute atomic E-state index is 0.0803. The molecule has 1 aliphatic heterocycles. The topological polar surface area (TPSA) is 70.5 Å². The number of halogens is 1. The van der Waals surface area contributed by atoms with Crippen LogP contribution in [0.25, 0.3) is 0 Å². The predicted molar refractivity (Wildman–Crippen MR) is 57.8 cm³/mol. The van der Waals surface area contributed by atoms with Crippen molar-refractivity contribution in [2.24, 2.45) is 0 Å². The second kappa shape index (κ2) is 4.09. The van der Waals surface area contributed by atoms with Gasteiger partial charge in [0, 0.05) is 24.8 Å². The number of hydrogen-bond acceptors (Lipinski definition) is 3. The Morgan fingerprint density at radius 1 is 1.62 bits per heavy atom.